The van der Waals surface area contributed by atoms with Crippen LogP contribution in [0.5, 0.6) is 0 Å². The van der Waals surface area contributed by atoms with Crippen LogP contribution in [0.3, 0.4) is 0 Å². The van der Waals surface area contributed by atoms with E-state index in [-0.39, 0.29) is 0 Å². The monoisotopic (exact) mass is 288 g/mol. The van der Waals surface area contributed by atoms with Gasteiger partial charge in [-0.2, -0.15) is 5.26 Å². The summed E-state index contributed by atoms with van der Waals surface area (Å²) in [5.74, 6) is 1.91. The maximum atomic E-state index is 9.43. The van der Waals surface area contributed by atoms with E-state index in [1.807, 2.05) is 12.1 Å². The van der Waals surface area contributed by atoms with Crippen LogP contribution in [0, 0.1) is 17.2 Å². The Bertz CT molecular complexity index is 470. The Morgan fingerprint density at radius 1 is 1.25 bits per heavy atom. The number of rotatable bonds is 5. The fourth-order valence-electron chi connectivity index (χ4n) is 2.98. The second-order valence-corrected chi connectivity index (χ2v) is 6.80. The Morgan fingerprint density at radius 3 is 2.60 bits per heavy atom. The SMILES string of the molecule is CCSc1cccc(NC2CCC(CC)CC2)c1C#N. The first-order valence-corrected chi connectivity index (χ1v) is 8.69. The van der Waals surface area contributed by atoms with E-state index in [2.05, 4.69) is 31.3 Å². The second-order valence-electron chi connectivity index (χ2n) is 5.49. The summed E-state index contributed by atoms with van der Waals surface area (Å²) < 4.78 is 0. The first kappa shape index (κ1) is 15.3. The van der Waals surface area contributed by atoms with E-state index in [1.165, 1.54) is 32.1 Å². The summed E-state index contributed by atoms with van der Waals surface area (Å²) >= 11 is 1.74. The quantitative estimate of drug-likeness (QED) is 0.770. The van der Waals surface area contributed by atoms with Crippen molar-refractivity contribution in [2.24, 2.45) is 5.92 Å². The van der Waals surface area contributed by atoms with Crippen LogP contribution in [0.15, 0.2) is 23.1 Å². The number of nitrogens with one attached hydrogen (secondary N) is 1. The molecule has 0 spiro atoms. The van der Waals surface area contributed by atoms with Crippen molar-refractivity contribution in [3.63, 3.8) is 0 Å². The summed E-state index contributed by atoms with van der Waals surface area (Å²) in [4.78, 5) is 1.10. The van der Waals surface area contributed by atoms with Gasteiger partial charge >= 0.3 is 0 Å². The molecule has 0 aromatic heterocycles. The van der Waals surface area contributed by atoms with Crippen molar-refractivity contribution in [2.75, 3.05) is 11.1 Å². The van der Waals surface area contributed by atoms with Crippen LogP contribution in [0.2, 0.25) is 0 Å². The van der Waals surface area contributed by atoms with Crippen molar-refractivity contribution in [3.8, 4) is 6.07 Å². The van der Waals surface area contributed by atoms with Gasteiger partial charge in [0.1, 0.15) is 6.07 Å². The van der Waals surface area contributed by atoms with E-state index >= 15 is 0 Å². The van der Waals surface area contributed by atoms with Gasteiger partial charge in [0.15, 0.2) is 0 Å². The molecule has 0 unspecified atom stereocenters. The first-order chi connectivity index (χ1) is 9.78. The molecule has 1 N–H and O–H groups in total. The number of hydrogen-bond donors (Lipinski definition) is 1. The van der Waals surface area contributed by atoms with Gasteiger partial charge in [0.25, 0.3) is 0 Å². The van der Waals surface area contributed by atoms with Gasteiger partial charge in [0, 0.05) is 10.9 Å². The van der Waals surface area contributed by atoms with Crippen molar-refractivity contribution >= 4 is 17.4 Å². The van der Waals surface area contributed by atoms with Gasteiger partial charge in [0.05, 0.1) is 11.3 Å². The molecular formula is C17H24N2S. The highest BCUT2D eigenvalue weighted by Gasteiger charge is 2.20. The van der Waals surface area contributed by atoms with Gasteiger partial charge in [-0.1, -0.05) is 26.3 Å². The number of hydrogen-bond acceptors (Lipinski definition) is 3. The van der Waals surface area contributed by atoms with Crippen molar-refractivity contribution in [2.45, 2.75) is 56.9 Å². The standard InChI is InChI=1S/C17H24N2S/c1-3-13-8-10-14(11-9-13)19-16-6-5-7-17(20-4-2)15(16)12-18/h5-7,13-14,19H,3-4,8-11H2,1-2H3. The normalized spacial score (nSPS) is 22.2. The zero-order chi connectivity index (χ0) is 14.4. The van der Waals surface area contributed by atoms with Gasteiger partial charge < -0.3 is 5.32 Å². The molecule has 0 radical (unpaired) electrons. The molecule has 0 amide bonds. The second kappa shape index (κ2) is 7.59. The highest BCUT2D eigenvalue weighted by Crippen LogP contribution is 2.32. The number of anilines is 1. The Hall–Kier alpha value is -1.14. The molecule has 0 atom stereocenters. The third-order valence-corrected chi connectivity index (χ3v) is 5.16. The summed E-state index contributed by atoms with van der Waals surface area (Å²) in [5.41, 5.74) is 1.84. The highest BCUT2D eigenvalue weighted by molar-refractivity contribution is 7.99. The average Bonchev–Trinajstić information content (AvgIpc) is 2.49. The van der Waals surface area contributed by atoms with Crippen LogP contribution in [-0.2, 0) is 0 Å². The minimum atomic E-state index is 0.534. The minimum absolute atomic E-state index is 0.534. The summed E-state index contributed by atoms with van der Waals surface area (Å²) in [6.45, 7) is 4.41. The van der Waals surface area contributed by atoms with Gasteiger partial charge in [-0.15, -0.1) is 11.8 Å². The van der Waals surface area contributed by atoms with Gasteiger partial charge in [-0.3, -0.25) is 0 Å². The lowest BCUT2D eigenvalue weighted by Gasteiger charge is -2.29. The van der Waals surface area contributed by atoms with Crippen molar-refractivity contribution in [3.05, 3.63) is 23.8 Å². The van der Waals surface area contributed by atoms with E-state index in [9.17, 15) is 5.26 Å². The fourth-order valence-corrected chi connectivity index (χ4v) is 3.76. The van der Waals surface area contributed by atoms with E-state index in [1.54, 1.807) is 11.8 Å². The molecule has 3 heteroatoms. The van der Waals surface area contributed by atoms with Crippen molar-refractivity contribution < 1.29 is 0 Å². The van der Waals surface area contributed by atoms with Gasteiger partial charge in [-0.25, -0.2) is 0 Å². The molecule has 1 aromatic carbocycles. The molecule has 0 bridgehead atoms. The zero-order valence-corrected chi connectivity index (χ0v) is 13.3. The number of nitriles is 1. The lowest BCUT2D eigenvalue weighted by atomic mass is 9.84. The molecule has 20 heavy (non-hydrogen) atoms. The van der Waals surface area contributed by atoms with E-state index < -0.39 is 0 Å². The number of thioether (sulfide) groups is 1. The molecule has 1 aromatic rings. The van der Waals surface area contributed by atoms with Gasteiger partial charge in [0.2, 0.25) is 0 Å². The third-order valence-electron chi connectivity index (χ3n) is 4.22. The molecule has 0 aliphatic heterocycles. The fraction of sp³-hybridized carbons (Fsp3) is 0.588. The first-order valence-electron chi connectivity index (χ1n) is 7.70. The third kappa shape index (κ3) is 3.70. The highest BCUT2D eigenvalue weighted by atomic mass is 32.2. The van der Waals surface area contributed by atoms with Crippen LogP contribution >= 0.6 is 11.8 Å². The maximum Gasteiger partial charge on any atom is 0.102 e. The molecule has 1 aliphatic rings. The van der Waals surface area contributed by atoms with Crippen LogP contribution < -0.4 is 5.32 Å². The molecule has 1 saturated carbocycles. The smallest absolute Gasteiger partial charge is 0.102 e. The van der Waals surface area contributed by atoms with Crippen LogP contribution in [-0.4, -0.2) is 11.8 Å². The van der Waals surface area contributed by atoms with Crippen LogP contribution in [0.4, 0.5) is 5.69 Å². The van der Waals surface area contributed by atoms with E-state index in [0.29, 0.717) is 6.04 Å². The Balaban J connectivity index is 2.06. The molecule has 2 nitrogen and oxygen atoms in total. The largest absolute Gasteiger partial charge is 0.381 e. The zero-order valence-electron chi connectivity index (χ0n) is 12.5. The number of benzene rings is 1. The Kier molecular flexibility index (Phi) is 5.79. The predicted octanol–water partition coefficient (Wildman–Crippen LogP) is 5.05. The molecule has 0 heterocycles. The minimum Gasteiger partial charge on any atom is -0.381 e. The molecule has 1 fully saturated rings. The van der Waals surface area contributed by atoms with Crippen LogP contribution in [0.25, 0.3) is 0 Å². The lowest BCUT2D eigenvalue weighted by molar-refractivity contribution is 0.330. The molecule has 0 saturated heterocycles. The molecule has 2 rings (SSSR count). The summed E-state index contributed by atoms with van der Waals surface area (Å²) in [6.07, 6.45) is 6.40. The van der Waals surface area contributed by atoms with Crippen LogP contribution in [0.1, 0.15) is 51.5 Å². The number of nitrogens with zero attached hydrogens (tertiary/aromatic N) is 1. The van der Waals surface area contributed by atoms with Gasteiger partial charge in [-0.05, 0) is 49.5 Å². The lowest BCUT2D eigenvalue weighted by Crippen LogP contribution is -2.26. The van der Waals surface area contributed by atoms with E-state index in [0.717, 1.165) is 27.8 Å². The topological polar surface area (TPSA) is 35.8 Å². The predicted molar refractivity (Wildman–Crippen MR) is 87.2 cm³/mol. The average molecular weight is 288 g/mol. The Morgan fingerprint density at radius 2 is 2.00 bits per heavy atom. The van der Waals surface area contributed by atoms with Crippen molar-refractivity contribution in [1.29, 1.82) is 5.26 Å². The van der Waals surface area contributed by atoms with E-state index in [4.69, 9.17) is 0 Å². The summed E-state index contributed by atoms with van der Waals surface area (Å²) in [7, 11) is 0. The molecular weight excluding hydrogens is 264 g/mol. The summed E-state index contributed by atoms with van der Waals surface area (Å²) in [6, 6.07) is 9.06. The maximum absolute atomic E-state index is 9.43. The molecule has 1 aliphatic carbocycles. The summed E-state index contributed by atoms with van der Waals surface area (Å²) in [5, 5.41) is 13.0. The Labute approximate surface area is 127 Å². The molecule has 108 valence electrons. The van der Waals surface area contributed by atoms with Crippen molar-refractivity contribution in [1.82, 2.24) is 0 Å².